The van der Waals surface area contributed by atoms with E-state index in [-0.39, 0.29) is 12.2 Å². The highest BCUT2D eigenvalue weighted by atomic mass is 16.5. The monoisotopic (exact) mass is 248 g/mol. The smallest absolute Gasteiger partial charge is 0.124 e. The second-order valence-electron chi connectivity index (χ2n) is 5.68. The molecule has 0 amide bonds. The van der Waals surface area contributed by atoms with Crippen LogP contribution in [-0.2, 0) is 0 Å². The first-order valence-corrected chi connectivity index (χ1v) is 7.03. The highest BCUT2D eigenvalue weighted by Crippen LogP contribution is 2.27. The van der Waals surface area contributed by atoms with Crippen LogP contribution in [-0.4, -0.2) is 17.3 Å². The molecule has 1 fully saturated rings. The quantitative estimate of drug-likeness (QED) is 0.881. The van der Waals surface area contributed by atoms with Gasteiger partial charge in [-0.3, -0.25) is 0 Å². The maximum atomic E-state index is 9.92. The summed E-state index contributed by atoms with van der Waals surface area (Å²) >= 11 is 0. The fourth-order valence-corrected chi connectivity index (χ4v) is 2.76. The van der Waals surface area contributed by atoms with Gasteiger partial charge in [0, 0.05) is 0 Å². The van der Waals surface area contributed by atoms with Crippen molar-refractivity contribution in [3.05, 3.63) is 29.3 Å². The van der Waals surface area contributed by atoms with Gasteiger partial charge in [0.25, 0.3) is 0 Å². The Morgan fingerprint density at radius 2 is 1.94 bits per heavy atom. The molecule has 1 aromatic carbocycles. The Morgan fingerprint density at radius 3 is 2.56 bits per heavy atom. The SMILES string of the molecule is Cc1cc(O[C@H]2CCCC[C@@H]2O)ccc1C(C)C. The van der Waals surface area contributed by atoms with Gasteiger partial charge in [-0.25, -0.2) is 0 Å². The van der Waals surface area contributed by atoms with Gasteiger partial charge in [-0.15, -0.1) is 0 Å². The summed E-state index contributed by atoms with van der Waals surface area (Å²) in [5.74, 6) is 1.43. The molecule has 1 aliphatic rings. The molecular formula is C16H24O2. The molecule has 0 aromatic heterocycles. The van der Waals surface area contributed by atoms with Crippen LogP contribution in [0.15, 0.2) is 18.2 Å². The Morgan fingerprint density at radius 1 is 1.22 bits per heavy atom. The normalized spacial score (nSPS) is 24.3. The number of aliphatic hydroxyl groups excluding tert-OH is 1. The minimum Gasteiger partial charge on any atom is -0.488 e. The molecule has 2 rings (SSSR count). The molecule has 18 heavy (non-hydrogen) atoms. The Kier molecular flexibility index (Phi) is 4.28. The standard InChI is InChI=1S/C16H24O2/c1-11(2)14-9-8-13(10-12(14)3)18-16-7-5-4-6-15(16)17/h8-11,15-17H,4-7H2,1-3H3/t15-,16-/m0/s1. The first-order valence-electron chi connectivity index (χ1n) is 7.03. The lowest BCUT2D eigenvalue weighted by molar-refractivity contribution is 0.00684. The molecule has 0 spiro atoms. The Balaban J connectivity index is 2.07. The molecule has 2 nitrogen and oxygen atoms in total. The van der Waals surface area contributed by atoms with Gasteiger partial charge in [0.05, 0.1) is 6.10 Å². The van der Waals surface area contributed by atoms with E-state index in [9.17, 15) is 5.11 Å². The summed E-state index contributed by atoms with van der Waals surface area (Å²) in [7, 11) is 0. The predicted octanol–water partition coefficient (Wildman–Crippen LogP) is 3.80. The third-order valence-corrected chi connectivity index (χ3v) is 3.82. The minimum atomic E-state index is -0.302. The number of ether oxygens (including phenoxy) is 1. The van der Waals surface area contributed by atoms with Gasteiger partial charge in [0.1, 0.15) is 11.9 Å². The molecule has 2 atom stereocenters. The van der Waals surface area contributed by atoms with Crippen LogP contribution < -0.4 is 4.74 Å². The lowest BCUT2D eigenvalue weighted by Gasteiger charge is -2.28. The van der Waals surface area contributed by atoms with Crippen molar-refractivity contribution >= 4 is 0 Å². The molecule has 1 aromatic rings. The van der Waals surface area contributed by atoms with E-state index in [1.54, 1.807) is 0 Å². The number of rotatable bonds is 3. The largest absolute Gasteiger partial charge is 0.488 e. The first-order chi connectivity index (χ1) is 8.58. The second-order valence-corrected chi connectivity index (χ2v) is 5.68. The van der Waals surface area contributed by atoms with E-state index >= 15 is 0 Å². The fraction of sp³-hybridized carbons (Fsp3) is 0.625. The van der Waals surface area contributed by atoms with E-state index in [1.807, 2.05) is 6.07 Å². The van der Waals surface area contributed by atoms with Crippen molar-refractivity contribution < 1.29 is 9.84 Å². The van der Waals surface area contributed by atoms with Crippen molar-refractivity contribution in [2.24, 2.45) is 0 Å². The van der Waals surface area contributed by atoms with Gasteiger partial charge in [0.15, 0.2) is 0 Å². The zero-order valence-electron chi connectivity index (χ0n) is 11.6. The number of aliphatic hydroxyl groups is 1. The summed E-state index contributed by atoms with van der Waals surface area (Å²) in [5.41, 5.74) is 2.64. The van der Waals surface area contributed by atoms with E-state index < -0.39 is 0 Å². The number of benzene rings is 1. The van der Waals surface area contributed by atoms with Crippen LogP contribution in [0.2, 0.25) is 0 Å². The van der Waals surface area contributed by atoms with Crippen LogP contribution in [0.5, 0.6) is 5.75 Å². The molecule has 100 valence electrons. The molecule has 1 aliphatic carbocycles. The molecule has 2 heteroatoms. The Labute approximate surface area is 110 Å². The fourth-order valence-electron chi connectivity index (χ4n) is 2.76. The van der Waals surface area contributed by atoms with Crippen molar-refractivity contribution in [3.8, 4) is 5.75 Å². The molecule has 0 aliphatic heterocycles. The average Bonchev–Trinajstić information content (AvgIpc) is 2.32. The van der Waals surface area contributed by atoms with Gasteiger partial charge >= 0.3 is 0 Å². The van der Waals surface area contributed by atoms with E-state index in [4.69, 9.17) is 4.74 Å². The molecule has 0 saturated heterocycles. The maximum absolute atomic E-state index is 9.92. The van der Waals surface area contributed by atoms with E-state index in [2.05, 4.69) is 32.9 Å². The predicted molar refractivity (Wildman–Crippen MR) is 74.2 cm³/mol. The van der Waals surface area contributed by atoms with Gasteiger partial charge in [-0.05, 0) is 55.4 Å². The van der Waals surface area contributed by atoms with Crippen molar-refractivity contribution in [3.63, 3.8) is 0 Å². The summed E-state index contributed by atoms with van der Waals surface area (Å²) in [5, 5.41) is 9.92. The summed E-state index contributed by atoms with van der Waals surface area (Å²) < 4.78 is 5.93. The summed E-state index contributed by atoms with van der Waals surface area (Å²) in [6.45, 7) is 6.53. The maximum Gasteiger partial charge on any atom is 0.124 e. The average molecular weight is 248 g/mol. The Hall–Kier alpha value is -1.02. The highest BCUT2D eigenvalue weighted by Gasteiger charge is 2.24. The molecule has 0 bridgehead atoms. The molecule has 1 N–H and O–H groups in total. The van der Waals surface area contributed by atoms with Crippen LogP contribution in [0.4, 0.5) is 0 Å². The zero-order valence-corrected chi connectivity index (χ0v) is 11.6. The first kappa shape index (κ1) is 13.4. The zero-order chi connectivity index (χ0) is 13.1. The summed E-state index contributed by atoms with van der Waals surface area (Å²) in [4.78, 5) is 0. The van der Waals surface area contributed by atoms with E-state index in [1.165, 1.54) is 11.1 Å². The third-order valence-electron chi connectivity index (χ3n) is 3.82. The van der Waals surface area contributed by atoms with Crippen molar-refractivity contribution in [1.82, 2.24) is 0 Å². The third kappa shape index (κ3) is 3.05. The van der Waals surface area contributed by atoms with Crippen LogP contribution >= 0.6 is 0 Å². The van der Waals surface area contributed by atoms with Crippen LogP contribution in [0, 0.1) is 6.92 Å². The van der Waals surface area contributed by atoms with Crippen LogP contribution in [0.1, 0.15) is 56.6 Å². The van der Waals surface area contributed by atoms with Crippen molar-refractivity contribution in [2.45, 2.75) is 64.6 Å². The molecular weight excluding hydrogens is 224 g/mol. The Bertz CT molecular complexity index is 398. The number of hydrogen-bond acceptors (Lipinski definition) is 2. The molecule has 0 heterocycles. The van der Waals surface area contributed by atoms with Crippen molar-refractivity contribution in [2.75, 3.05) is 0 Å². The molecule has 1 saturated carbocycles. The summed E-state index contributed by atoms with van der Waals surface area (Å²) in [6, 6.07) is 6.27. The number of aryl methyl sites for hydroxylation is 1. The topological polar surface area (TPSA) is 29.5 Å². The minimum absolute atomic E-state index is 0.0250. The van der Waals surface area contributed by atoms with Gasteiger partial charge in [-0.1, -0.05) is 26.3 Å². The van der Waals surface area contributed by atoms with Gasteiger partial charge in [0.2, 0.25) is 0 Å². The van der Waals surface area contributed by atoms with Crippen LogP contribution in [0.3, 0.4) is 0 Å². The molecule has 0 unspecified atom stereocenters. The van der Waals surface area contributed by atoms with E-state index in [0.29, 0.717) is 5.92 Å². The second kappa shape index (κ2) is 5.75. The summed E-state index contributed by atoms with van der Waals surface area (Å²) in [6.07, 6.45) is 3.78. The van der Waals surface area contributed by atoms with Crippen molar-refractivity contribution in [1.29, 1.82) is 0 Å². The molecule has 0 radical (unpaired) electrons. The lowest BCUT2D eigenvalue weighted by atomic mass is 9.94. The van der Waals surface area contributed by atoms with E-state index in [0.717, 1.165) is 31.4 Å². The highest BCUT2D eigenvalue weighted by molar-refractivity contribution is 5.36. The van der Waals surface area contributed by atoms with Gasteiger partial charge < -0.3 is 9.84 Å². The lowest BCUT2D eigenvalue weighted by Crippen LogP contribution is -2.34. The number of hydrogen-bond donors (Lipinski definition) is 1. The van der Waals surface area contributed by atoms with Crippen LogP contribution in [0.25, 0.3) is 0 Å². The van der Waals surface area contributed by atoms with Gasteiger partial charge in [-0.2, -0.15) is 0 Å².